The Bertz CT molecular complexity index is 301. The van der Waals surface area contributed by atoms with E-state index in [-0.39, 0.29) is 59.1 Å². The first-order chi connectivity index (χ1) is 9.91. The van der Waals surface area contributed by atoms with E-state index in [2.05, 4.69) is 13.5 Å². The van der Waals surface area contributed by atoms with Gasteiger partial charge in [0.05, 0.1) is 0 Å². The van der Waals surface area contributed by atoms with Gasteiger partial charge in [-0.2, -0.15) is 0 Å². The molecule has 0 atom stereocenters. The van der Waals surface area contributed by atoms with Gasteiger partial charge in [-0.3, -0.25) is 8.42 Å². The predicted octanol–water partition coefficient (Wildman–Crippen LogP) is -1.07. The fourth-order valence-electron chi connectivity index (χ4n) is 2.13. The van der Waals surface area contributed by atoms with E-state index < -0.39 is 10.4 Å². The molecule has 0 saturated carbocycles. The van der Waals surface area contributed by atoms with Gasteiger partial charge in [-0.15, -0.1) is 6.58 Å². The van der Waals surface area contributed by atoms with Gasteiger partial charge < -0.3 is 9.11 Å². The van der Waals surface area contributed by atoms with Crippen molar-refractivity contribution in [3.63, 3.8) is 0 Å². The van der Waals surface area contributed by atoms with E-state index in [1.165, 1.54) is 83.5 Å². The van der Waals surface area contributed by atoms with E-state index in [1.54, 1.807) is 0 Å². The van der Waals surface area contributed by atoms with Gasteiger partial charge >= 0.3 is 59.1 Å². The van der Waals surface area contributed by atoms with E-state index in [4.69, 9.17) is 17.5 Å². The van der Waals surface area contributed by atoms with Crippen LogP contribution in [-0.4, -0.2) is 17.5 Å². The molecule has 0 bridgehead atoms. The Labute approximate surface area is 188 Å². The molecular weight excluding hydrogens is 334 g/mol. The van der Waals surface area contributed by atoms with Crippen molar-refractivity contribution in [1.29, 1.82) is 0 Å². The molecule has 0 aromatic rings. The molecule has 0 fully saturated rings. The first-order valence-corrected chi connectivity index (χ1v) is 9.52. The molecule has 0 aromatic carbocycles. The van der Waals surface area contributed by atoms with Gasteiger partial charge in [-0.1, -0.05) is 83.6 Å². The van der Waals surface area contributed by atoms with Crippen LogP contribution in [0, 0.1) is 0 Å². The van der Waals surface area contributed by atoms with Crippen molar-refractivity contribution >= 4 is 10.4 Å². The second kappa shape index (κ2) is 25.8. The first kappa shape index (κ1) is 32.3. The molecular formula is C16H32Na2O4S. The maximum Gasteiger partial charge on any atom is 1.00 e. The van der Waals surface area contributed by atoms with Crippen molar-refractivity contribution in [2.75, 3.05) is 0 Å². The third-order valence-corrected chi connectivity index (χ3v) is 3.26. The Morgan fingerprint density at radius 3 is 1.26 bits per heavy atom. The zero-order chi connectivity index (χ0) is 16.4. The summed E-state index contributed by atoms with van der Waals surface area (Å²) in [7, 11) is -5.17. The average Bonchev–Trinajstić information content (AvgIpc) is 2.38. The Balaban J connectivity index is -0.000000225. The Kier molecular flexibility index (Phi) is 36.3. The molecule has 7 heteroatoms. The average molecular weight is 366 g/mol. The largest absolute Gasteiger partial charge is 1.00 e. The molecule has 0 N–H and O–H groups in total. The number of hydrogen-bond donors (Lipinski definition) is 0. The third kappa shape index (κ3) is 51.7. The van der Waals surface area contributed by atoms with E-state index in [0.29, 0.717) is 0 Å². The van der Waals surface area contributed by atoms with Gasteiger partial charge in [0.25, 0.3) is 0 Å². The standard InChI is InChI=1S/C16H32.2Na.H2O4S/c1-3-5-7-9-11-13-15-16-14-12-10-8-6-4-2;;;1-5(2,3)4/h3H,1,4-16H2,2H3;;;(H2,1,2,3,4)/q;2*+1;/p-2. The van der Waals surface area contributed by atoms with E-state index in [0.717, 1.165) is 0 Å². The number of hydrogen-bond acceptors (Lipinski definition) is 4. The Morgan fingerprint density at radius 1 is 0.739 bits per heavy atom. The number of allylic oxidation sites excluding steroid dienone is 1. The molecule has 0 rings (SSSR count). The minimum atomic E-state index is -5.17. The van der Waals surface area contributed by atoms with Crippen LogP contribution in [0.25, 0.3) is 0 Å². The molecule has 0 aliphatic heterocycles. The van der Waals surface area contributed by atoms with E-state index >= 15 is 0 Å². The van der Waals surface area contributed by atoms with Crippen molar-refractivity contribution in [1.82, 2.24) is 0 Å². The van der Waals surface area contributed by atoms with Crippen LogP contribution in [0.5, 0.6) is 0 Å². The molecule has 128 valence electrons. The van der Waals surface area contributed by atoms with Crippen LogP contribution >= 0.6 is 0 Å². The van der Waals surface area contributed by atoms with Crippen molar-refractivity contribution in [3.8, 4) is 0 Å². The molecule has 0 aromatic heterocycles. The van der Waals surface area contributed by atoms with Crippen molar-refractivity contribution in [2.45, 2.75) is 90.4 Å². The molecule has 4 nitrogen and oxygen atoms in total. The number of rotatable bonds is 13. The smallest absolute Gasteiger partial charge is 0.759 e. The molecule has 0 saturated heterocycles. The van der Waals surface area contributed by atoms with Crippen LogP contribution in [0.2, 0.25) is 0 Å². The monoisotopic (exact) mass is 366 g/mol. The predicted molar refractivity (Wildman–Crippen MR) is 86.4 cm³/mol. The number of unbranched alkanes of at least 4 members (excludes halogenated alkanes) is 12. The molecule has 0 aliphatic carbocycles. The summed E-state index contributed by atoms with van der Waals surface area (Å²) in [5.74, 6) is 0. The normalized spacial score (nSPS) is 9.87. The summed E-state index contributed by atoms with van der Waals surface area (Å²) in [5, 5.41) is 0. The first-order valence-electron chi connectivity index (χ1n) is 8.19. The summed E-state index contributed by atoms with van der Waals surface area (Å²) < 4.78 is 34.1. The van der Waals surface area contributed by atoms with Crippen molar-refractivity contribution in [3.05, 3.63) is 12.7 Å². The van der Waals surface area contributed by atoms with Gasteiger partial charge in [0, 0.05) is 10.4 Å². The van der Waals surface area contributed by atoms with Crippen molar-refractivity contribution in [2.24, 2.45) is 0 Å². The Hall–Kier alpha value is 1.61. The summed E-state index contributed by atoms with van der Waals surface area (Å²) in [6, 6.07) is 0. The second-order valence-electron chi connectivity index (χ2n) is 5.37. The molecule has 0 aliphatic rings. The SMILES string of the molecule is C=CCCCCCCCCCCCCCC.O=S(=O)([O-])[O-].[Na+].[Na+]. The third-order valence-electron chi connectivity index (χ3n) is 3.26. The summed E-state index contributed by atoms with van der Waals surface area (Å²) in [6.07, 6.45) is 20.5. The molecule has 0 radical (unpaired) electrons. The van der Waals surface area contributed by atoms with Crippen LogP contribution in [0.3, 0.4) is 0 Å². The van der Waals surface area contributed by atoms with Crippen LogP contribution in [0.4, 0.5) is 0 Å². The fourth-order valence-corrected chi connectivity index (χ4v) is 2.13. The van der Waals surface area contributed by atoms with Gasteiger partial charge in [0.1, 0.15) is 0 Å². The molecule has 0 unspecified atom stereocenters. The van der Waals surface area contributed by atoms with Crippen LogP contribution in [0.1, 0.15) is 90.4 Å². The summed E-state index contributed by atoms with van der Waals surface area (Å²) in [4.78, 5) is 0. The molecule has 23 heavy (non-hydrogen) atoms. The maximum atomic E-state index is 8.52. The van der Waals surface area contributed by atoms with Crippen molar-refractivity contribution < 1.29 is 76.6 Å². The summed E-state index contributed by atoms with van der Waals surface area (Å²) >= 11 is 0. The van der Waals surface area contributed by atoms with Crippen LogP contribution < -0.4 is 59.1 Å². The molecule has 0 amide bonds. The van der Waals surface area contributed by atoms with E-state index in [9.17, 15) is 0 Å². The van der Waals surface area contributed by atoms with E-state index in [1.807, 2.05) is 6.08 Å². The topological polar surface area (TPSA) is 80.3 Å². The molecule has 0 heterocycles. The fraction of sp³-hybridized carbons (Fsp3) is 0.875. The summed E-state index contributed by atoms with van der Waals surface area (Å²) in [5.41, 5.74) is 0. The summed E-state index contributed by atoms with van der Waals surface area (Å²) in [6.45, 7) is 6.03. The van der Waals surface area contributed by atoms with Gasteiger partial charge in [-0.25, -0.2) is 0 Å². The quantitative estimate of drug-likeness (QED) is 0.137. The van der Waals surface area contributed by atoms with Crippen LogP contribution in [-0.2, 0) is 10.4 Å². The Morgan fingerprint density at radius 2 is 1.00 bits per heavy atom. The minimum absolute atomic E-state index is 0. The van der Waals surface area contributed by atoms with Gasteiger partial charge in [-0.05, 0) is 12.8 Å². The van der Waals surface area contributed by atoms with Gasteiger partial charge in [0.2, 0.25) is 0 Å². The minimum Gasteiger partial charge on any atom is -0.759 e. The molecule has 0 spiro atoms. The maximum absolute atomic E-state index is 8.52. The zero-order valence-electron chi connectivity index (χ0n) is 15.5. The van der Waals surface area contributed by atoms with Crippen LogP contribution in [0.15, 0.2) is 12.7 Å². The van der Waals surface area contributed by atoms with Gasteiger partial charge in [0.15, 0.2) is 0 Å². The zero-order valence-corrected chi connectivity index (χ0v) is 20.3. The second-order valence-corrected chi connectivity index (χ2v) is 6.19.